The average Bonchev–Trinajstić information content (AvgIpc) is 2.50. The summed E-state index contributed by atoms with van der Waals surface area (Å²) in [7, 11) is 0. The molecular weight excluding hydrogens is 244 g/mol. The Morgan fingerprint density at radius 2 is 1.65 bits per heavy atom. The number of aryl methyl sites for hydroxylation is 1. The molecule has 2 heteroatoms. The Kier molecular flexibility index (Phi) is 5.31. The largest absolute Gasteiger partial charge is 0.309 e. The van der Waals surface area contributed by atoms with Crippen LogP contribution in [0.25, 0.3) is 0 Å². The van der Waals surface area contributed by atoms with Crippen molar-refractivity contribution < 1.29 is 0 Å². The molecule has 0 spiro atoms. The second-order valence-electron chi connectivity index (χ2n) is 5.41. The van der Waals surface area contributed by atoms with Gasteiger partial charge in [0.1, 0.15) is 0 Å². The van der Waals surface area contributed by atoms with E-state index in [2.05, 4.69) is 67.5 Å². The first-order valence-corrected chi connectivity index (χ1v) is 7.42. The highest BCUT2D eigenvalue weighted by Crippen LogP contribution is 2.30. The van der Waals surface area contributed by atoms with Crippen LogP contribution in [0.2, 0.25) is 0 Å². The predicted molar refractivity (Wildman–Crippen MR) is 84.9 cm³/mol. The molecule has 2 unspecified atom stereocenters. The second kappa shape index (κ2) is 7.20. The van der Waals surface area contributed by atoms with Gasteiger partial charge in [-0.05, 0) is 43.1 Å². The van der Waals surface area contributed by atoms with Gasteiger partial charge in [-0.2, -0.15) is 0 Å². The van der Waals surface area contributed by atoms with Gasteiger partial charge in [0.2, 0.25) is 0 Å². The monoisotopic (exact) mass is 268 g/mol. The molecule has 1 N–H and O–H groups in total. The summed E-state index contributed by atoms with van der Waals surface area (Å²) in [6.45, 7) is 7.65. The van der Waals surface area contributed by atoms with Crippen molar-refractivity contribution in [1.82, 2.24) is 10.3 Å². The van der Waals surface area contributed by atoms with Crippen LogP contribution in [-0.4, -0.2) is 11.5 Å². The third-order valence-corrected chi connectivity index (χ3v) is 3.78. The summed E-state index contributed by atoms with van der Waals surface area (Å²) < 4.78 is 0. The quantitative estimate of drug-likeness (QED) is 0.848. The van der Waals surface area contributed by atoms with Crippen LogP contribution in [0.4, 0.5) is 0 Å². The van der Waals surface area contributed by atoms with Crippen molar-refractivity contribution in [3.8, 4) is 0 Å². The topological polar surface area (TPSA) is 24.9 Å². The predicted octanol–water partition coefficient (Wildman–Crippen LogP) is 4.23. The van der Waals surface area contributed by atoms with E-state index in [1.54, 1.807) is 0 Å². The molecular formula is C18H24N2. The zero-order chi connectivity index (χ0) is 14.4. The lowest BCUT2D eigenvalue weighted by Crippen LogP contribution is -2.26. The molecule has 0 saturated carbocycles. The second-order valence-corrected chi connectivity index (χ2v) is 5.41. The molecule has 1 heterocycles. The van der Waals surface area contributed by atoms with Crippen LogP contribution in [-0.2, 0) is 0 Å². The summed E-state index contributed by atoms with van der Waals surface area (Å²) in [5.74, 6) is 0.423. The summed E-state index contributed by atoms with van der Waals surface area (Å²) in [4.78, 5) is 4.11. The van der Waals surface area contributed by atoms with Crippen LogP contribution in [0.15, 0.2) is 48.8 Å². The smallest absolute Gasteiger partial charge is 0.0386 e. The maximum Gasteiger partial charge on any atom is 0.0386 e. The van der Waals surface area contributed by atoms with Crippen molar-refractivity contribution in [3.63, 3.8) is 0 Å². The van der Waals surface area contributed by atoms with Gasteiger partial charge >= 0.3 is 0 Å². The van der Waals surface area contributed by atoms with E-state index >= 15 is 0 Å². The molecule has 0 aliphatic heterocycles. The van der Waals surface area contributed by atoms with Gasteiger partial charge in [0, 0.05) is 24.4 Å². The molecule has 0 bridgehead atoms. The molecule has 0 amide bonds. The number of hydrogen-bond donors (Lipinski definition) is 1. The van der Waals surface area contributed by atoms with E-state index < -0.39 is 0 Å². The van der Waals surface area contributed by atoms with Gasteiger partial charge < -0.3 is 5.32 Å². The zero-order valence-corrected chi connectivity index (χ0v) is 12.6. The summed E-state index contributed by atoms with van der Waals surface area (Å²) in [5.41, 5.74) is 3.99. The Hall–Kier alpha value is -1.67. The molecule has 106 valence electrons. The minimum absolute atomic E-state index is 0.345. The molecule has 0 aliphatic rings. The molecule has 2 aromatic rings. The van der Waals surface area contributed by atoms with E-state index in [9.17, 15) is 0 Å². The molecule has 20 heavy (non-hydrogen) atoms. The van der Waals surface area contributed by atoms with Crippen LogP contribution in [0.5, 0.6) is 0 Å². The highest BCUT2D eigenvalue weighted by Gasteiger charge is 2.19. The Bertz CT molecular complexity index is 505. The van der Waals surface area contributed by atoms with E-state index in [0.717, 1.165) is 13.0 Å². The summed E-state index contributed by atoms with van der Waals surface area (Å²) in [6.07, 6.45) is 4.89. The average molecular weight is 268 g/mol. The molecule has 2 rings (SSSR count). The van der Waals surface area contributed by atoms with Crippen molar-refractivity contribution in [1.29, 1.82) is 0 Å². The normalized spacial score (nSPS) is 13.9. The van der Waals surface area contributed by atoms with Crippen LogP contribution in [0, 0.1) is 6.92 Å². The fraction of sp³-hybridized carbons (Fsp3) is 0.389. The van der Waals surface area contributed by atoms with Gasteiger partial charge in [-0.1, -0.05) is 43.7 Å². The molecule has 2 atom stereocenters. The molecule has 0 aliphatic carbocycles. The maximum absolute atomic E-state index is 4.11. The highest BCUT2D eigenvalue weighted by atomic mass is 14.9. The van der Waals surface area contributed by atoms with Gasteiger partial charge in [0.15, 0.2) is 0 Å². The molecule has 0 saturated heterocycles. The summed E-state index contributed by atoms with van der Waals surface area (Å²) in [6, 6.07) is 13.4. The lowest BCUT2D eigenvalue weighted by molar-refractivity contribution is 0.466. The van der Waals surface area contributed by atoms with Gasteiger partial charge in [-0.15, -0.1) is 0 Å². The number of nitrogens with one attached hydrogen (secondary N) is 1. The van der Waals surface area contributed by atoms with Crippen LogP contribution < -0.4 is 5.32 Å². The number of pyridine rings is 1. The first kappa shape index (κ1) is 14.7. The van der Waals surface area contributed by atoms with Crippen molar-refractivity contribution in [2.24, 2.45) is 0 Å². The van der Waals surface area contributed by atoms with Gasteiger partial charge in [-0.25, -0.2) is 0 Å². The zero-order valence-electron chi connectivity index (χ0n) is 12.6. The molecule has 0 fully saturated rings. The van der Waals surface area contributed by atoms with Crippen LogP contribution >= 0.6 is 0 Å². The van der Waals surface area contributed by atoms with Crippen molar-refractivity contribution in [2.75, 3.05) is 6.54 Å². The summed E-state index contributed by atoms with van der Waals surface area (Å²) in [5, 5.41) is 3.68. The van der Waals surface area contributed by atoms with Crippen LogP contribution in [0.1, 0.15) is 48.9 Å². The molecule has 2 nitrogen and oxygen atoms in total. The van der Waals surface area contributed by atoms with E-state index in [1.165, 1.54) is 16.7 Å². The van der Waals surface area contributed by atoms with Gasteiger partial charge in [0.25, 0.3) is 0 Å². The number of nitrogens with zero attached hydrogens (tertiary/aromatic N) is 1. The Morgan fingerprint density at radius 1 is 1.00 bits per heavy atom. The van der Waals surface area contributed by atoms with E-state index in [4.69, 9.17) is 0 Å². The maximum atomic E-state index is 4.11. The fourth-order valence-corrected chi connectivity index (χ4v) is 2.52. The van der Waals surface area contributed by atoms with E-state index in [1.807, 2.05) is 12.4 Å². The van der Waals surface area contributed by atoms with Crippen LogP contribution in [0.3, 0.4) is 0 Å². The minimum Gasteiger partial charge on any atom is -0.309 e. The third kappa shape index (κ3) is 3.67. The van der Waals surface area contributed by atoms with Gasteiger partial charge in [-0.3, -0.25) is 4.98 Å². The molecule has 1 aromatic carbocycles. The first-order valence-electron chi connectivity index (χ1n) is 7.42. The summed E-state index contributed by atoms with van der Waals surface area (Å²) >= 11 is 0. The van der Waals surface area contributed by atoms with Crippen molar-refractivity contribution >= 4 is 0 Å². The number of rotatable bonds is 6. The number of benzene rings is 1. The minimum atomic E-state index is 0.345. The first-order chi connectivity index (χ1) is 9.72. The number of aromatic nitrogens is 1. The third-order valence-electron chi connectivity index (χ3n) is 3.78. The van der Waals surface area contributed by atoms with Crippen molar-refractivity contribution in [3.05, 3.63) is 65.5 Å². The van der Waals surface area contributed by atoms with E-state index in [0.29, 0.717) is 12.0 Å². The van der Waals surface area contributed by atoms with Crippen molar-refractivity contribution in [2.45, 2.75) is 39.2 Å². The fourth-order valence-electron chi connectivity index (χ4n) is 2.52. The Balaban J connectivity index is 2.25. The lowest BCUT2D eigenvalue weighted by Gasteiger charge is -2.26. The Labute approximate surface area is 122 Å². The molecule has 1 aromatic heterocycles. The highest BCUT2D eigenvalue weighted by molar-refractivity contribution is 5.28. The SMILES string of the molecule is CCCNC(c1ccc(C)cc1)C(C)c1ccncc1. The van der Waals surface area contributed by atoms with E-state index in [-0.39, 0.29) is 0 Å². The Morgan fingerprint density at radius 3 is 2.25 bits per heavy atom. The lowest BCUT2D eigenvalue weighted by atomic mass is 9.88. The number of hydrogen-bond acceptors (Lipinski definition) is 2. The van der Waals surface area contributed by atoms with Gasteiger partial charge in [0.05, 0.1) is 0 Å². The molecule has 0 radical (unpaired) electrons. The standard InChI is InChI=1S/C18H24N2/c1-4-11-20-18(17-7-5-14(2)6-8-17)15(3)16-9-12-19-13-10-16/h5-10,12-13,15,18,20H,4,11H2,1-3H3.